The first kappa shape index (κ1) is 13.2. The summed E-state index contributed by atoms with van der Waals surface area (Å²) in [5.74, 6) is 0. The molecule has 18 heavy (non-hydrogen) atoms. The number of rotatable bonds is 3. The molecular formula is C11H17N3O4. The van der Waals surface area contributed by atoms with Crippen molar-refractivity contribution in [2.45, 2.75) is 19.8 Å². The summed E-state index contributed by atoms with van der Waals surface area (Å²) in [4.78, 5) is 2.00. The molecule has 0 aromatic heterocycles. The molecule has 1 fully saturated rings. The normalized spacial score (nSPS) is 19.1. The SMILES string of the molecule is Cc1cc(N2CCCC2)c([NH+]([O-])O)cc1[NH+]([O-])O. The number of anilines is 1. The Morgan fingerprint density at radius 1 is 1.06 bits per heavy atom. The van der Waals surface area contributed by atoms with Gasteiger partial charge in [0.25, 0.3) is 0 Å². The molecule has 0 aliphatic carbocycles. The summed E-state index contributed by atoms with van der Waals surface area (Å²) in [5, 5.41) is 38.3. The van der Waals surface area contributed by atoms with Gasteiger partial charge in [0.15, 0.2) is 11.4 Å². The molecule has 2 rings (SSSR count). The molecule has 7 nitrogen and oxygen atoms in total. The molecular weight excluding hydrogens is 238 g/mol. The lowest BCUT2D eigenvalue weighted by atomic mass is 10.1. The first-order valence-corrected chi connectivity index (χ1v) is 5.87. The van der Waals surface area contributed by atoms with Crippen molar-refractivity contribution >= 4 is 17.1 Å². The third-order valence-electron chi connectivity index (χ3n) is 3.25. The smallest absolute Gasteiger partial charge is 0.193 e. The van der Waals surface area contributed by atoms with Crippen LogP contribution < -0.4 is 15.4 Å². The molecule has 7 heteroatoms. The summed E-state index contributed by atoms with van der Waals surface area (Å²) in [7, 11) is 0. The van der Waals surface area contributed by atoms with Crippen molar-refractivity contribution in [1.82, 2.24) is 0 Å². The van der Waals surface area contributed by atoms with Crippen molar-refractivity contribution in [3.63, 3.8) is 0 Å². The Kier molecular flexibility index (Phi) is 3.81. The predicted molar refractivity (Wildman–Crippen MR) is 64.2 cm³/mol. The van der Waals surface area contributed by atoms with E-state index in [1.54, 1.807) is 13.0 Å². The van der Waals surface area contributed by atoms with Crippen LogP contribution in [-0.2, 0) is 0 Å². The number of hydrogen-bond donors (Lipinski definition) is 4. The minimum absolute atomic E-state index is 0.0512. The van der Waals surface area contributed by atoms with E-state index in [1.165, 1.54) is 6.07 Å². The van der Waals surface area contributed by atoms with Gasteiger partial charge in [0.05, 0.1) is 6.07 Å². The van der Waals surface area contributed by atoms with Crippen LogP contribution in [0, 0.1) is 17.3 Å². The molecule has 0 spiro atoms. The van der Waals surface area contributed by atoms with Crippen molar-refractivity contribution in [1.29, 1.82) is 0 Å². The molecule has 0 radical (unpaired) electrons. The molecule has 1 heterocycles. The summed E-state index contributed by atoms with van der Waals surface area (Å²) < 4.78 is 0. The van der Waals surface area contributed by atoms with E-state index in [9.17, 15) is 15.6 Å². The molecule has 1 aromatic rings. The standard InChI is InChI=1S/C11H17N3O4/c1-8-6-10(12-4-2-3-5-12)11(14(17)18)7-9(8)13(15)16/h6-7,13-15,17H,2-5H2,1H3. The van der Waals surface area contributed by atoms with E-state index < -0.39 is 10.5 Å². The highest BCUT2D eigenvalue weighted by Gasteiger charge is 2.23. The minimum atomic E-state index is -1.09. The Morgan fingerprint density at radius 2 is 1.61 bits per heavy atom. The largest absolute Gasteiger partial charge is 0.595 e. The van der Waals surface area contributed by atoms with Crippen molar-refractivity contribution in [3.8, 4) is 0 Å². The van der Waals surface area contributed by atoms with Gasteiger partial charge in [-0.3, -0.25) is 0 Å². The van der Waals surface area contributed by atoms with Gasteiger partial charge in [-0.25, -0.2) is 10.4 Å². The van der Waals surface area contributed by atoms with Gasteiger partial charge in [-0.15, -0.1) is 0 Å². The molecule has 1 aliphatic heterocycles. The third kappa shape index (κ3) is 2.46. The van der Waals surface area contributed by atoms with Crippen molar-refractivity contribution in [2.75, 3.05) is 18.0 Å². The Hall–Kier alpha value is -1.22. The zero-order chi connectivity index (χ0) is 13.3. The zero-order valence-corrected chi connectivity index (χ0v) is 10.1. The first-order valence-electron chi connectivity index (χ1n) is 5.87. The summed E-state index contributed by atoms with van der Waals surface area (Å²) in [5.41, 5.74) is 1.34. The van der Waals surface area contributed by atoms with Crippen LogP contribution in [0.3, 0.4) is 0 Å². The second kappa shape index (κ2) is 5.19. The van der Waals surface area contributed by atoms with E-state index in [2.05, 4.69) is 0 Å². The van der Waals surface area contributed by atoms with Gasteiger partial charge in [0, 0.05) is 18.7 Å². The van der Waals surface area contributed by atoms with E-state index in [1.807, 2.05) is 4.90 Å². The Labute approximate surface area is 105 Å². The molecule has 1 aliphatic rings. The third-order valence-corrected chi connectivity index (χ3v) is 3.25. The molecule has 4 N–H and O–H groups in total. The molecule has 0 amide bonds. The maximum Gasteiger partial charge on any atom is 0.193 e. The first-order chi connectivity index (χ1) is 8.50. The molecule has 100 valence electrons. The van der Waals surface area contributed by atoms with E-state index in [0.717, 1.165) is 25.9 Å². The summed E-state index contributed by atoms with van der Waals surface area (Å²) in [6.07, 6.45) is 2.08. The fraction of sp³-hybridized carbons (Fsp3) is 0.455. The van der Waals surface area contributed by atoms with Crippen LogP contribution in [0.2, 0.25) is 0 Å². The molecule has 1 aromatic carbocycles. The van der Waals surface area contributed by atoms with Gasteiger partial charge in [-0.05, 0) is 25.8 Å². The average Bonchev–Trinajstić information content (AvgIpc) is 2.80. The van der Waals surface area contributed by atoms with Gasteiger partial charge in [-0.2, -0.15) is 10.5 Å². The second-order valence-corrected chi connectivity index (χ2v) is 4.49. The van der Waals surface area contributed by atoms with Crippen LogP contribution >= 0.6 is 0 Å². The highest BCUT2D eigenvalue weighted by Crippen LogP contribution is 2.30. The molecule has 0 bridgehead atoms. The number of nitrogens with one attached hydrogen (secondary N) is 2. The zero-order valence-electron chi connectivity index (χ0n) is 10.1. The van der Waals surface area contributed by atoms with Gasteiger partial charge in [0.1, 0.15) is 5.69 Å². The lowest BCUT2D eigenvalue weighted by Gasteiger charge is -2.25. The van der Waals surface area contributed by atoms with E-state index in [4.69, 9.17) is 5.21 Å². The lowest BCUT2D eigenvalue weighted by molar-refractivity contribution is -0.996. The van der Waals surface area contributed by atoms with Gasteiger partial charge >= 0.3 is 0 Å². The molecule has 2 unspecified atom stereocenters. The molecule has 1 saturated heterocycles. The van der Waals surface area contributed by atoms with Crippen LogP contribution in [-0.4, -0.2) is 23.5 Å². The van der Waals surface area contributed by atoms with Crippen LogP contribution in [0.15, 0.2) is 12.1 Å². The average molecular weight is 255 g/mol. The van der Waals surface area contributed by atoms with Crippen molar-refractivity contribution < 1.29 is 20.9 Å². The summed E-state index contributed by atoms with van der Waals surface area (Å²) in [6.45, 7) is 3.34. The number of nitrogens with zero attached hydrogens (tertiary/aromatic N) is 1. The van der Waals surface area contributed by atoms with Crippen LogP contribution in [0.25, 0.3) is 0 Å². The molecule has 2 atom stereocenters. The molecule has 0 saturated carbocycles. The minimum Gasteiger partial charge on any atom is -0.595 e. The monoisotopic (exact) mass is 255 g/mol. The van der Waals surface area contributed by atoms with Gasteiger partial charge < -0.3 is 15.3 Å². The summed E-state index contributed by atoms with van der Waals surface area (Å²) in [6, 6.07) is 2.92. The maximum absolute atomic E-state index is 11.2. The Morgan fingerprint density at radius 3 is 2.11 bits per heavy atom. The van der Waals surface area contributed by atoms with E-state index in [-0.39, 0.29) is 11.4 Å². The Bertz CT molecular complexity index is 431. The van der Waals surface area contributed by atoms with E-state index in [0.29, 0.717) is 11.3 Å². The second-order valence-electron chi connectivity index (χ2n) is 4.49. The van der Waals surface area contributed by atoms with Crippen LogP contribution in [0.1, 0.15) is 18.4 Å². The van der Waals surface area contributed by atoms with Gasteiger partial charge in [-0.1, -0.05) is 0 Å². The van der Waals surface area contributed by atoms with Crippen LogP contribution in [0.5, 0.6) is 0 Å². The predicted octanol–water partition coefficient (Wildman–Crippen LogP) is -0.598. The quantitative estimate of drug-likeness (QED) is 0.541. The fourth-order valence-corrected chi connectivity index (χ4v) is 2.31. The van der Waals surface area contributed by atoms with Gasteiger partial charge in [0.2, 0.25) is 0 Å². The number of quaternary nitrogens is 2. The topological polar surface area (TPSA) is 98.7 Å². The summed E-state index contributed by atoms with van der Waals surface area (Å²) >= 11 is 0. The number of aryl methyl sites for hydroxylation is 1. The van der Waals surface area contributed by atoms with Crippen molar-refractivity contribution in [3.05, 3.63) is 28.1 Å². The number of benzene rings is 1. The van der Waals surface area contributed by atoms with Crippen LogP contribution in [0.4, 0.5) is 17.1 Å². The lowest BCUT2D eigenvalue weighted by Crippen LogP contribution is -3.01. The number of hydrogen-bond acceptors (Lipinski definition) is 5. The highest BCUT2D eigenvalue weighted by molar-refractivity contribution is 5.69. The van der Waals surface area contributed by atoms with E-state index >= 15 is 0 Å². The maximum atomic E-state index is 11.2. The fourth-order valence-electron chi connectivity index (χ4n) is 2.31. The Balaban J connectivity index is 2.47. The highest BCUT2D eigenvalue weighted by atomic mass is 16.8. The van der Waals surface area contributed by atoms with Crippen molar-refractivity contribution in [2.24, 2.45) is 0 Å².